The van der Waals surface area contributed by atoms with Gasteiger partial charge in [-0.25, -0.2) is 0 Å². The van der Waals surface area contributed by atoms with Crippen LogP contribution in [-0.2, 0) is 4.74 Å². The van der Waals surface area contributed by atoms with Crippen molar-refractivity contribution < 1.29 is 14.6 Å². The van der Waals surface area contributed by atoms with Gasteiger partial charge in [-0.2, -0.15) is 0 Å². The number of rotatable bonds is 2. The van der Waals surface area contributed by atoms with Gasteiger partial charge in [-0.05, 0) is 53.6 Å². The molecule has 1 saturated heterocycles. The monoisotopic (exact) mass is 347 g/mol. The van der Waals surface area contributed by atoms with Gasteiger partial charge < -0.3 is 15.2 Å². The van der Waals surface area contributed by atoms with Crippen LogP contribution in [0, 0.1) is 3.57 Å². The Morgan fingerprint density at radius 1 is 1.41 bits per heavy atom. The van der Waals surface area contributed by atoms with Gasteiger partial charge in [-0.15, -0.1) is 0 Å². The molecule has 0 atom stereocenters. The van der Waals surface area contributed by atoms with Gasteiger partial charge in [0, 0.05) is 22.8 Å². The van der Waals surface area contributed by atoms with Crippen molar-refractivity contribution in [3.63, 3.8) is 0 Å². The number of ether oxygens (including phenoxy) is 1. The minimum atomic E-state index is -0.215. The predicted octanol–water partition coefficient (Wildman–Crippen LogP) is 1.91. The van der Waals surface area contributed by atoms with Gasteiger partial charge >= 0.3 is 0 Å². The van der Waals surface area contributed by atoms with E-state index in [0.717, 1.165) is 16.4 Å². The summed E-state index contributed by atoms with van der Waals surface area (Å²) >= 11 is 2.12. The normalized spacial score (nSPS) is 16.8. The van der Waals surface area contributed by atoms with E-state index in [4.69, 9.17) is 4.74 Å². The fraction of sp³-hybridized carbons (Fsp3) is 0.417. The largest absolute Gasteiger partial charge is 0.507 e. The molecule has 1 fully saturated rings. The zero-order valence-corrected chi connectivity index (χ0v) is 11.4. The fourth-order valence-electron chi connectivity index (χ4n) is 1.80. The van der Waals surface area contributed by atoms with Gasteiger partial charge in [-0.1, -0.05) is 0 Å². The fourth-order valence-corrected chi connectivity index (χ4v) is 2.29. The van der Waals surface area contributed by atoms with E-state index in [1.165, 1.54) is 0 Å². The van der Waals surface area contributed by atoms with Crippen LogP contribution < -0.4 is 5.32 Å². The molecule has 4 nitrogen and oxygen atoms in total. The van der Waals surface area contributed by atoms with Crippen molar-refractivity contribution in [3.05, 3.63) is 27.3 Å². The molecule has 2 N–H and O–H groups in total. The first-order valence-electron chi connectivity index (χ1n) is 5.54. The van der Waals surface area contributed by atoms with Crippen molar-refractivity contribution >= 4 is 28.5 Å². The third kappa shape index (κ3) is 3.32. The number of phenols is 1. The van der Waals surface area contributed by atoms with E-state index in [-0.39, 0.29) is 17.7 Å². The maximum absolute atomic E-state index is 12.0. The van der Waals surface area contributed by atoms with Crippen molar-refractivity contribution in [1.29, 1.82) is 0 Å². The van der Waals surface area contributed by atoms with Crippen molar-refractivity contribution in [2.45, 2.75) is 18.9 Å². The Hall–Kier alpha value is -0.820. The molecule has 0 unspecified atom stereocenters. The number of nitrogens with one attached hydrogen (secondary N) is 1. The van der Waals surface area contributed by atoms with Crippen LogP contribution in [0.15, 0.2) is 18.2 Å². The van der Waals surface area contributed by atoms with E-state index < -0.39 is 0 Å². The smallest absolute Gasteiger partial charge is 0.255 e. The second-order valence-corrected chi connectivity index (χ2v) is 5.27. The Morgan fingerprint density at radius 2 is 2.12 bits per heavy atom. The highest BCUT2D eigenvalue weighted by atomic mass is 127. The Balaban J connectivity index is 2.05. The van der Waals surface area contributed by atoms with Crippen molar-refractivity contribution in [3.8, 4) is 5.75 Å². The summed E-state index contributed by atoms with van der Waals surface area (Å²) in [5.74, 6) is -0.192. The molecule has 1 aliphatic rings. The standard InChI is InChI=1S/C12H14INO3/c13-8-1-2-11(15)10(7-8)12(16)14-9-3-5-17-6-4-9/h1-2,7,9,15H,3-6H2,(H,14,16). The summed E-state index contributed by atoms with van der Waals surface area (Å²) in [6, 6.07) is 5.14. The average Bonchev–Trinajstić information content (AvgIpc) is 2.33. The van der Waals surface area contributed by atoms with E-state index in [1.54, 1.807) is 18.2 Å². The highest BCUT2D eigenvalue weighted by Gasteiger charge is 2.18. The van der Waals surface area contributed by atoms with Crippen molar-refractivity contribution in [2.75, 3.05) is 13.2 Å². The second-order valence-electron chi connectivity index (χ2n) is 4.02. The summed E-state index contributed by atoms with van der Waals surface area (Å²) in [5, 5.41) is 12.6. The number of aromatic hydroxyl groups is 1. The SMILES string of the molecule is O=C(NC1CCOCC1)c1cc(I)ccc1O. The van der Waals surface area contributed by atoms with Crippen LogP contribution in [0.1, 0.15) is 23.2 Å². The number of hydrogen-bond acceptors (Lipinski definition) is 3. The molecule has 17 heavy (non-hydrogen) atoms. The molecular formula is C12H14INO3. The van der Waals surface area contributed by atoms with Crippen molar-refractivity contribution in [2.24, 2.45) is 0 Å². The van der Waals surface area contributed by atoms with Crippen LogP contribution >= 0.6 is 22.6 Å². The Kier molecular flexibility index (Phi) is 4.22. The van der Waals surface area contributed by atoms with Crippen LogP contribution in [0.3, 0.4) is 0 Å². The number of amides is 1. The van der Waals surface area contributed by atoms with Gasteiger partial charge in [0.2, 0.25) is 0 Å². The number of carbonyl (C=O) groups is 1. The van der Waals surface area contributed by atoms with E-state index in [1.807, 2.05) is 0 Å². The zero-order chi connectivity index (χ0) is 12.3. The lowest BCUT2D eigenvalue weighted by atomic mass is 10.1. The lowest BCUT2D eigenvalue weighted by Crippen LogP contribution is -2.38. The average molecular weight is 347 g/mol. The summed E-state index contributed by atoms with van der Waals surface area (Å²) in [7, 11) is 0. The number of carbonyl (C=O) groups excluding carboxylic acids is 1. The third-order valence-corrected chi connectivity index (χ3v) is 3.43. The molecule has 92 valence electrons. The Bertz CT molecular complexity index is 416. The van der Waals surface area contributed by atoms with E-state index in [2.05, 4.69) is 27.9 Å². The van der Waals surface area contributed by atoms with Crippen LogP contribution in [0.5, 0.6) is 5.75 Å². The van der Waals surface area contributed by atoms with Gasteiger partial charge in [-0.3, -0.25) is 4.79 Å². The van der Waals surface area contributed by atoms with Crippen LogP contribution in [0.25, 0.3) is 0 Å². The van der Waals surface area contributed by atoms with Gasteiger partial charge in [0.05, 0.1) is 5.56 Å². The van der Waals surface area contributed by atoms with Gasteiger partial charge in [0.1, 0.15) is 5.75 Å². The lowest BCUT2D eigenvalue weighted by molar-refractivity contribution is 0.0695. The molecule has 0 spiro atoms. The summed E-state index contributed by atoms with van der Waals surface area (Å²) in [4.78, 5) is 12.0. The van der Waals surface area contributed by atoms with E-state index in [9.17, 15) is 9.90 Å². The first-order valence-corrected chi connectivity index (χ1v) is 6.62. The molecular weight excluding hydrogens is 333 g/mol. The molecule has 2 rings (SSSR count). The van der Waals surface area contributed by atoms with Crippen LogP contribution in [-0.4, -0.2) is 30.3 Å². The first-order chi connectivity index (χ1) is 8.16. The third-order valence-electron chi connectivity index (χ3n) is 2.76. The Labute approximate surface area is 113 Å². The molecule has 0 aliphatic carbocycles. The van der Waals surface area contributed by atoms with Crippen LogP contribution in [0.4, 0.5) is 0 Å². The molecule has 0 saturated carbocycles. The summed E-state index contributed by atoms with van der Waals surface area (Å²) in [6.07, 6.45) is 1.66. The molecule has 1 heterocycles. The molecule has 1 aromatic rings. The maximum atomic E-state index is 12.0. The summed E-state index contributed by atoms with van der Waals surface area (Å²) in [5.41, 5.74) is 0.336. The first kappa shape index (κ1) is 12.6. The Morgan fingerprint density at radius 3 is 2.82 bits per heavy atom. The second kappa shape index (κ2) is 5.68. The van der Waals surface area contributed by atoms with Gasteiger partial charge in [0.15, 0.2) is 0 Å². The van der Waals surface area contributed by atoms with E-state index in [0.29, 0.717) is 18.8 Å². The lowest BCUT2D eigenvalue weighted by Gasteiger charge is -2.23. The van der Waals surface area contributed by atoms with Crippen molar-refractivity contribution in [1.82, 2.24) is 5.32 Å². The molecule has 0 radical (unpaired) electrons. The number of hydrogen-bond donors (Lipinski definition) is 2. The molecule has 0 bridgehead atoms. The summed E-state index contributed by atoms with van der Waals surface area (Å²) < 4.78 is 6.16. The molecule has 1 aromatic carbocycles. The topological polar surface area (TPSA) is 58.6 Å². The highest BCUT2D eigenvalue weighted by Crippen LogP contribution is 2.20. The minimum Gasteiger partial charge on any atom is -0.507 e. The molecule has 1 aliphatic heterocycles. The predicted molar refractivity (Wildman–Crippen MR) is 72.1 cm³/mol. The zero-order valence-electron chi connectivity index (χ0n) is 9.28. The summed E-state index contributed by atoms with van der Waals surface area (Å²) in [6.45, 7) is 1.37. The number of benzene rings is 1. The van der Waals surface area contributed by atoms with Gasteiger partial charge in [0.25, 0.3) is 5.91 Å². The number of halogens is 1. The quantitative estimate of drug-likeness (QED) is 0.804. The molecule has 5 heteroatoms. The highest BCUT2D eigenvalue weighted by molar-refractivity contribution is 14.1. The molecule has 0 aromatic heterocycles. The molecule has 1 amide bonds. The van der Waals surface area contributed by atoms with E-state index >= 15 is 0 Å². The number of phenolic OH excluding ortho intramolecular Hbond substituents is 1. The maximum Gasteiger partial charge on any atom is 0.255 e. The minimum absolute atomic E-state index is 0.0231. The van der Waals surface area contributed by atoms with Crippen LogP contribution in [0.2, 0.25) is 0 Å².